The van der Waals surface area contributed by atoms with Gasteiger partial charge in [-0.05, 0) is 61.7 Å². The first-order valence-electron chi connectivity index (χ1n) is 14.1. The van der Waals surface area contributed by atoms with E-state index in [0.29, 0.717) is 34.5 Å². The van der Waals surface area contributed by atoms with E-state index >= 15 is 0 Å². The lowest BCUT2D eigenvalue weighted by Crippen LogP contribution is -2.17. The summed E-state index contributed by atoms with van der Waals surface area (Å²) in [5.74, 6) is 2.46. The molecule has 7 rings (SSSR count). The van der Waals surface area contributed by atoms with Gasteiger partial charge in [0.2, 0.25) is 0 Å². The van der Waals surface area contributed by atoms with Crippen molar-refractivity contribution in [2.45, 2.75) is 51.0 Å². The fraction of sp³-hybridized carbons (Fsp3) is 0.250. The van der Waals surface area contributed by atoms with Gasteiger partial charge in [0, 0.05) is 28.6 Å². The number of sulfonamides is 1. The summed E-state index contributed by atoms with van der Waals surface area (Å²) in [6.45, 7) is 4.11. The summed E-state index contributed by atoms with van der Waals surface area (Å²) < 4.78 is 39.4. The van der Waals surface area contributed by atoms with Crippen LogP contribution in [-0.4, -0.2) is 27.7 Å². The van der Waals surface area contributed by atoms with Crippen LogP contribution in [-0.2, 0) is 23.0 Å². The molecule has 1 N–H and O–H groups in total. The van der Waals surface area contributed by atoms with Crippen molar-refractivity contribution in [1.29, 1.82) is 0 Å². The molecule has 0 spiro atoms. The Hall–Kier alpha value is -4.08. The van der Waals surface area contributed by atoms with Gasteiger partial charge in [-0.2, -0.15) is 0 Å². The Morgan fingerprint density at radius 1 is 1.02 bits per heavy atom. The predicted octanol–water partition coefficient (Wildman–Crippen LogP) is 7.43. The van der Waals surface area contributed by atoms with Crippen LogP contribution in [0.5, 0.6) is 0 Å². The van der Waals surface area contributed by atoms with E-state index in [1.807, 2.05) is 59.3 Å². The van der Waals surface area contributed by atoms with E-state index in [1.165, 1.54) is 19.3 Å². The lowest BCUT2D eigenvalue weighted by molar-refractivity contribution is 0.307. The highest BCUT2D eigenvalue weighted by Gasteiger charge is 2.25. The monoisotopic (exact) mass is 599 g/mol. The first-order valence-corrected chi connectivity index (χ1v) is 15.9. The molecule has 1 fully saturated rings. The molecule has 1 saturated carbocycles. The van der Waals surface area contributed by atoms with Gasteiger partial charge in [-0.25, -0.2) is 13.4 Å². The van der Waals surface area contributed by atoms with Gasteiger partial charge in [-0.3, -0.25) is 4.72 Å². The van der Waals surface area contributed by atoms with E-state index < -0.39 is 10.0 Å². The van der Waals surface area contributed by atoms with Crippen LogP contribution >= 0.6 is 11.6 Å². The topological polar surface area (TPSA) is 95.0 Å². The van der Waals surface area contributed by atoms with Gasteiger partial charge in [-0.15, -0.1) is 0 Å². The third-order valence-electron chi connectivity index (χ3n) is 8.41. The van der Waals surface area contributed by atoms with Gasteiger partial charge >= 0.3 is 0 Å². The molecule has 1 aliphatic carbocycles. The Morgan fingerprint density at radius 2 is 1.81 bits per heavy atom. The molecule has 0 atom stereocenters. The normalized spacial score (nSPS) is 14.1. The largest absolute Gasteiger partial charge is 0.359 e. The average Bonchev–Trinajstić information content (AvgIpc) is 3.60. The molecule has 214 valence electrons. The van der Waals surface area contributed by atoms with Gasteiger partial charge in [0.25, 0.3) is 10.0 Å². The number of rotatable bonds is 8. The van der Waals surface area contributed by atoms with Gasteiger partial charge in [0.05, 0.1) is 28.8 Å². The molecule has 0 unspecified atom stereocenters. The number of anilines is 1. The Kier molecular flexibility index (Phi) is 6.59. The van der Waals surface area contributed by atoms with E-state index in [1.54, 1.807) is 26.0 Å². The maximum absolute atomic E-state index is 13.7. The van der Waals surface area contributed by atoms with E-state index in [0.717, 1.165) is 39.7 Å². The van der Waals surface area contributed by atoms with Crippen LogP contribution in [0.15, 0.2) is 82.3 Å². The number of hydrogen-bond acceptors (Lipinski definition) is 5. The fourth-order valence-electron chi connectivity index (χ4n) is 5.76. The molecule has 1 aliphatic rings. The van der Waals surface area contributed by atoms with E-state index in [-0.39, 0.29) is 10.7 Å². The van der Waals surface area contributed by atoms with Crippen molar-refractivity contribution in [2.24, 2.45) is 5.92 Å². The number of nitrogens with one attached hydrogen (secondary N) is 1. The first-order chi connectivity index (χ1) is 20.3. The highest BCUT2D eigenvalue weighted by Crippen LogP contribution is 2.34. The number of aryl methyl sites for hydroxylation is 1. The van der Waals surface area contributed by atoms with E-state index in [4.69, 9.17) is 21.1 Å². The molecule has 8 nitrogen and oxygen atoms in total. The number of benzene rings is 3. The molecule has 0 radical (unpaired) electrons. The Bertz CT molecular complexity index is 2070. The van der Waals surface area contributed by atoms with Crippen molar-refractivity contribution in [3.05, 3.63) is 101 Å². The summed E-state index contributed by atoms with van der Waals surface area (Å²) >= 11 is 6.33. The molecule has 3 aromatic heterocycles. The fourth-order valence-corrected chi connectivity index (χ4v) is 7.19. The smallest absolute Gasteiger partial charge is 0.265 e. The standard InChI is InChI=1S/C32H30ClN5O3S/c1-20-21(2)41-35-32(20)36-42(39,40)30-13-6-5-12-29(30)37-18-23(25-10-3-4-11-27(25)37)19-38-28-15-14-24(33)17-26(28)34-31(38)16-22-8-7-9-22/h3-6,10-15,17-18,22H,7-9,16,19H2,1-2H3,(H,35,36). The van der Waals surface area contributed by atoms with Crippen molar-refractivity contribution in [1.82, 2.24) is 19.3 Å². The van der Waals surface area contributed by atoms with Crippen LogP contribution in [0.4, 0.5) is 5.82 Å². The molecule has 0 saturated heterocycles. The third kappa shape index (κ3) is 4.66. The van der Waals surface area contributed by atoms with Crippen LogP contribution in [0.2, 0.25) is 5.02 Å². The first kappa shape index (κ1) is 26.8. The van der Waals surface area contributed by atoms with Crippen LogP contribution in [0, 0.1) is 19.8 Å². The number of fused-ring (bicyclic) bond motifs is 2. The predicted molar refractivity (Wildman–Crippen MR) is 165 cm³/mol. The number of halogens is 1. The van der Waals surface area contributed by atoms with Gasteiger partial charge in [0.1, 0.15) is 16.5 Å². The highest BCUT2D eigenvalue weighted by atomic mass is 35.5. The van der Waals surface area contributed by atoms with Gasteiger partial charge in [-0.1, -0.05) is 66.4 Å². The zero-order valence-electron chi connectivity index (χ0n) is 23.3. The Morgan fingerprint density at radius 3 is 2.57 bits per heavy atom. The van der Waals surface area contributed by atoms with Gasteiger partial charge in [0.15, 0.2) is 5.82 Å². The van der Waals surface area contributed by atoms with E-state index in [9.17, 15) is 8.42 Å². The third-order valence-corrected chi connectivity index (χ3v) is 10.0. The Labute approximate surface area is 249 Å². The van der Waals surface area contributed by atoms with Gasteiger partial charge < -0.3 is 13.7 Å². The summed E-state index contributed by atoms with van der Waals surface area (Å²) in [6, 6.07) is 20.9. The molecule has 0 amide bonds. The molecule has 3 aromatic carbocycles. The quantitative estimate of drug-likeness (QED) is 0.196. The molecule has 0 aliphatic heterocycles. The van der Waals surface area contributed by atoms with E-state index in [2.05, 4.69) is 20.5 Å². The summed E-state index contributed by atoms with van der Waals surface area (Å²) in [5.41, 5.74) is 5.10. The number of hydrogen-bond donors (Lipinski definition) is 1. The number of imidazole rings is 1. The second kappa shape index (κ2) is 10.3. The molecule has 6 aromatic rings. The summed E-state index contributed by atoms with van der Waals surface area (Å²) in [7, 11) is -3.98. The lowest BCUT2D eigenvalue weighted by atomic mass is 9.83. The average molecular weight is 600 g/mol. The Balaban J connectivity index is 1.33. The molecular formula is C32H30ClN5O3S. The zero-order valence-corrected chi connectivity index (χ0v) is 24.9. The maximum atomic E-state index is 13.7. The van der Waals surface area contributed by atoms with Crippen molar-refractivity contribution in [3.8, 4) is 5.69 Å². The van der Waals surface area contributed by atoms with Crippen LogP contribution in [0.25, 0.3) is 27.6 Å². The van der Waals surface area contributed by atoms with Crippen molar-refractivity contribution in [2.75, 3.05) is 4.72 Å². The molecule has 3 heterocycles. The minimum absolute atomic E-state index is 0.144. The summed E-state index contributed by atoms with van der Waals surface area (Å²) in [4.78, 5) is 5.15. The van der Waals surface area contributed by atoms with Crippen LogP contribution in [0.3, 0.4) is 0 Å². The second-order valence-corrected chi connectivity index (χ2v) is 13.2. The highest BCUT2D eigenvalue weighted by molar-refractivity contribution is 7.92. The minimum Gasteiger partial charge on any atom is -0.359 e. The maximum Gasteiger partial charge on any atom is 0.265 e. The molecule has 42 heavy (non-hydrogen) atoms. The number of nitrogens with zero attached hydrogens (tertiary/aromatic N) is 4. The molecule has 0 bridgehead atoms. The summed E-state index contributed by atoms with van der Waals surface area (Å²) in [6.07, 6.45) is 6.71. The number of aromatic nitrogens is 4. The van der Waals surface area contributed by atoms with Crippen molar-refractivity contribution < 1.29 is 12.9 Å². The molecular weight excluding hydrogens is 570 g/mol. The van der Waals surface area contributed by atoms with Crippen LogP contribution < -0.4 is 4.72 Å². The minimum atomic E-state index is -3.98. The second-order valence-electron chi connectivity index (χ2n) is 11.1. The van der Waals surface area contributed by atoms with Crippen molar-refractivity contribution in [3.63, 3.8) is 0 Å². The zero-order chi connectivity index (χ0) is 29.0. The number of para-hydroxylation sites is 2. The SMILES string of the molecule is Cc1onc(NS(=O)(=O)c2ccccc2-n2cc(Cn3c(CC4CCC4)nc4cc(Cl)ccc43)c3ccccc32)c1C. The van der Waals surface area contributed by atoms with Crippen LogP contribution in [0.1, 0.15) is 42.0 Å². The lowest BCUT2D eigenvalue weighted by Gasteiger charge is -2.25. The molecule has 10 heteroatoms. The van der Waals surface area contributed by atoms with Crippen molar-refractivity contribution >= 4 is 49.4 Å². The summed E-state index contributed by atoms with van der Waals surface area (Å²) in [5, 5.41) is 5.62.